The molecule has 0 N–H and O–H groups in total. The van der Waals surface area contributed by atoms with Crippen LogP contribution in [-0.2, 0) is 0 Å². The number of rotatable bonds is 1. The largest absolute Gasteiger partial charge is 0.250 e. The highest BCUT2D eigenvalue weighted by molar-refractivity contribution is 14.1. The first-order valence-corrected chi connectivity index (χ1v) is 5.05. The highest BCUT2D eigenvalue weighted by atomic mass is 127. The van der Waals surface area contributed by atoms with Crippen molar-refractivity contribution in [2.45, 2.75) is 25.2 Å². The highest BCUT2D eigenvalue weighted by Crippen LogP contribution is 2.35. The Morgan fingerprint density at radius 2 is 2.18 bits per heavy atom. The molecule has 0 unspecified atom stereocenters. The predicted octanol–water partition coefficient (Wildman–Crippen LogP) is 2.95. The van der Waals surface area contributed by atoms with Crippen LogP contribution in [0.1, 0.15) is 30.7 Å². The summed E-state index contributed by atoms with van der Waals surface area (Å²) in [4.78, 5) is 4.27. The molecule has 1 saturated carbocycles. The number of pyridine rings is 1. The number of hydrogen-bond donors (Lipinski definition) is 0. The van der Waals surface area contributed by atoms with Gasteiger partial charge in [0.2, 0.25) is 0 Å². The maximum Gasteiger partial charge on any atom is 0.101 e. The number of nitrogens with zero attached hydrogens (tertiary/aromatic N) is 1. The second-order valence-corrected chi connectivity index (χ2v) is 4.15. The van der Waals surface area contributed by atoms with Gasteiger partial charge in [-0.3, -0.25) is 4.98 Å². The highest BCUT2D eigenvalue weighted by Gasteiger charge is 2.19. The standard InChI is InChI=1S/C9H10IN/c10-9-5-4-8(6-11-9)7-2-1-3-7/h4-7H,1-3H2. The van der Waals surface area contributed by atoms with Crippen LogP contribution < -0.4 is 0 Å². The molecule has 1 aromatic rings. The van der Waals surface area contributed by atoms with E-state index in [2.05, 4.69) is 39.7 Å². The molecule has 1 fully saturated rings. The lowest BCUT2D eigenvalue weighted by Gasteiger charge is -2.25. The van der Waals surface area contributed by atoms with E-state index >= 15 is 0 Å². The van der Waals surface area contributed by atoms with Crippen LogP contribution in [-0.4, -0.2) is 4.98 Å². The second kappa shape index (κ2) is 3.09. The summed E-state index contributed by atoms with van der Waals surface area (Å²) < 4.78 is 1.09. The van der Waals surface area contributed by atoms with Crippen LogP contribution in [0.3, 0.4) is 0 Å². The van der Waals surface area contributed by atoms with Gasteiger partial charge in [0.05, 0.1) is 0 Å². The molecular weight excluding hydrogens is 249 g/mol. The third-order valence-electron chi connectivity index (χ3n) is 2.33. The van der Waals surface area contributed by atoms with Crippen molar-refractivity contribution in [1.82, 2.24) is 4.98 Å². The van der Waals surface area contributed by atoms with Gasteiger partial charge in [-0.2, -0.15) is 0 Å². The summed E-state index contributed by atoms with van der Waals surface area (Å²) in [5.74, 6) is 0.819. The van der Waals surface area contributed by atoms with Crippen molar-refractivity contribution in [2.75, 3.05) is 0 Å². The fourth-order valence-corrected chi connectivity index (χ4v) is 1.69. The third kappa shape index (κ3) is 1.55. The summed E-state index contributed by atoms with van der Waals surface area (Å²) in [5.41, 5.74) is 1.43. The van der Waals surface area contributed by atoms with Crippen molar-refractivity contribution in [3.05, 3.63) is 27.6 Å². The Morgan fingerprint density at radius 1 is 1.36 bits per heavy atom. The Labute approximate surface area is 80.4 Å². The summed E-state index contributed by atoms with van der Waals surface area (Å²) in [7, 11) is 0. The minimum Gasteiger partial charge on any atom is -0.250 e. The molecular formula is C9H10IN. The molecule has 1 aromatic heterocycles. The van der Waals surface area contributed by atoms with Gasteiger partial charge in [-0.05, 0) is 53.0 Å². The SMILES string of the molecule is Ic1ccc(C2CCC2)cn1. The number of aromatic nitrogens is 1. The number of halogens is 1. The first kappa shape index (κ1) is 7.53. The molecule has 2 rings (SSSR count). The van der Waals surface area contributed by atoms with Gasteiger partial charge in [-0.15, -0.1) is 0 Å². The zero-order valence-corrected chi connectivity index (χ0v) is 8.41. The molecule has 1 heterocycles. The first-order chi connectivity index (χ1) is 5.36. The zero-order chi connectivity index (χ0) is 7.68. The average Bonchev–Trinajstić information content (AvgIpc) is 1.90. The van der Waals surface area contributed by atoms with E-state index in [0.717, 1.165) is 9.62 Å². The quantitative estimate of drug-likeness (QED) is 0.558. The summed E-state index contributed by atoms with van der Waals surface area (Å²) in [6.07, 6.45) is 6.15. The van der Waals surface area contributed by atoms with Gasteiger partial charge in [0.15, 0.2) is 0 Å². The van der Waals surface area contributed by atoms with Crippen molar-refractivity contribution in [1.29, 1.82) is 0 Å². The minimum absolute atomic E-state index is 0.819. The molecule has 11 heavy (non-hydrogen) atoms. The smallest absolute Gasteiger partial charge is 0.101 e. The molecule has 0 saturated heterocycles. The van der Waals surface area contributed by atoms with Gasteiger partial charge in [0.1, 0.15) is 3.70 Å². The van der Waals surface area contributed by atoms with Crippen molar-refractivity contribution in [3.8, 4) is 0 Å². The van der Waals surface area contributed by atoms with Gasteiger partial charge in [-0.25, -0.2) is 0 Å². The maximum atomic E-state index is 4.27. The molecule has 0 radical (unpaired) electrons. The molecule has 2 heteroatoms. The molecule has 0 atom stereocenters. The first-order valence-electron chi connectivity index (χ1n) is 3.98. The molecule has 1 aliphatic rings. The molecule has 1 aliphatic carbocycles. The van der Waals surface area contributed by atoms with E-state index in [0.29, 0.717) is 0 Å². The summed E-state index contributed by atoms with van der Waals surface area (Å²) in [5, 5.41) is 0. The van der Waals surface area contributed by atoms with Crippen LogP contribution in [0.4, 0.5) is 0 Å². The number of hydrogen-bond acceptors (Lipinski definition) is 1. The van der Waals surface area contributed by atoms with Crippen molar-refractivity contribution in [3.63, 3.8) is 0 Å². The summed E-state index contributed by atoms with van der Waals surface area (Å²) >= 11 is 2.24. The van der Waals surface area contributed by atoms with Gasteiger partial charge >= 0.3 is 0 Å². The Bertz CT molecular complexity index is 238. The Kier molecular flexibility index (Phi) is 2.11. The molecule has 1 nitrogen and oxygen atoms in total. The fraction of sp³-hybridized carbons (Fsp3) is 0.444. The van der Waals surface area contributed by atoms with Crippen LogP contribution in [0.25, 0.3) is 0 Å². The van der Waals surface area contributed by atoms with Crippen LogP contribution >= 0.6 is 22.6 Å². The Balaban J connectivity index is 2.18. The van der Waals surface area contributed by atoms with Crippen LogP contribution in [0.5, 0.6) is 0 Å². The van der Waals surface area contributed by atoms with E-state index < -0.39 is 0 Å². The molecule has 0 amide bonds. The van der Waals surface area contributed by atoms with E-state index in [1.165, 1.54) is 24.8 Å². The van der Waals surface area contributed by atoms with Gasteiger partial charge in [0.25, 0.3) is 0 Å². The van der Waals surface area contributed by atoms with E-state index in [-0.39, 0.29) is 0 Å². The molecule has 0 bridgehead atoms. The Hall–Kier alpha value is -0.120. The average molecular weight is 259 g/mol. The van der Waals surface area contributed by atoms with Crippen LogP contribution in [0, 0.1) is 3.70 Å². The van der Waals surface area contributed by atoms with Gasteiger partial charge in [0, 0.05) is 6.20 Å². The molecule has 0 aromatic carbocycles. The molecule has 0 aliphatic heterocycles. The van der Waals surface area contributed by atoms with Crippen molar-refractivity contribution < 1.29 is 0 Å². The van der Waals surface area contributed by atoms with Crippen LogP contribution in [0.15, 0.2) is 18.3 Å². The van der Waals surface area contributed by atoms with Crippen LogP contribution in [0.2, 0.25) is 0 Å². The fourth-order valence-electron chi connectivity index (χ4n) is 1.37. The van der Waals surface area contributed by atoms with Gasteiger partial charge in [-0.1, -0.05) is 12.5 Å². The van der Waals surface area contributed by atoms with E-state index in [1.807, 2.05) is 6.20 Å². The van der Waals surface area contributed by atoms with E-state index in [1.54, 1.807) is 0 Å². The predicted molar refractivity (Wildman–Crippen MR) is 53.5 cm³/mol. The van der Waals surface area contributed by atoms with E-state index in [4.69, 9.17) is 0 Å². The Morgan fingerprint density at radius 3 is 2.64 bits per heavy atom. The third-order valence-corrected chi connectivity index (χ3v) is 2.96. The lowest BCUT2D eigenvalue weighted by molar-refractivity contribution is 0.419. The summed E-state index contributed by atoms with van der Waals surface area (Å²) in [6, 6.07) is 4.30. The monoisotopic (exact) mass is 259 g/mol. The van der Waals surface area contributed by atoms with E-state index in [9.17, 15) is 0 Å². The summed E-state index contributed by atoms with van der Waals surface area (Å²) in [6.45, 7) is 0. The molecule has 58 valence electrons. The normalized spacial score (nSPS) is 17.9. The second-order valence-electron chi connectivity index (χ2n) is 3.04. The minimum atomic E-state index is 0.819. The molecule has 0 spiro atoms. The maximum absolute atomic E-state index is 4.27. The van der Waals surface area contributed by atoms with Gasteiger partial charge < -0.3 is 0 Å². The van der Waals surface area contributed by atoms with Crippen molar-refractivity contribution >= 4 is 22.6 Å². The lowest BCUT2D eigenvalue weighted by atomic mass is 9.81. The lowest BCUT2D eigenvalue weighted by Crippen LogP contribution is -2.08. The zero-order valence-electron chi connectivity index (χ0n) is 6.26. The topological polar surface area (TPSA) is 12.9 Å². The van der Waals surface area contributed by atoms with Crippen molar-refractivity contribution in [2.24, 2.45) is 0 Å².